The van der Waals surface area contributed by atoms with Crippen molar-refractivity contribution in [3.05, 3.63) is 35.8 Å². The third-order valence-corrected chi connectivity index (χ3v) is 3.63. The summed E-state index contributed by atoms with van der Waals surface area (Å²) in [7, 11) is 5.27. The van der Waals surface area contributed by atoms with Crippen molar-refractivity contribution in [2.45, 2.75) is 6.92 Å². The molecule has 3 aromatic heterocycles. The van der Waals surface area contributed by atoms with Crippen LogP contribution in [0.1, 0.15) is 27.8 Å². The smallest absolute Gasteiger partial charge is 0.342 e. The van der Waals surface area contributed by atoms with Gasteiger partial charge in [-0.2, -0.15) is 10.1 Å². The number of rotatable bonds is 5. The highest BCUT2D eigenvalue weighted by Crippen LogP contribution is 2.16. The van der Waals surface area contributed by atoms with Gasteiger partial charge >= 0.3 is 5.97 Å². The Bertz CT molecular complexity index is 974. The minimum absolute atomic E-state index is 0.116. The zero-order valence-electron chi connectivity index (χ0n) is 14.9. The lowest BCUT2D eigenvalue weighted by Gasteiger charge is -2.07. The van der Waals surface area contributed by atoms with Crippen LogP contribution in [0.5, 0.6) is 0 Å². The van der Waals surface area contributed by atoms with Crippen molar-refractivity contribution in [3.63, 3.8) is 0 Å². The third kappa shape index (κ3) is 3.21. The summed E-state index contributed by atoms with van der Waals surface area (Å²) in [5, 5.41) is 11.0. The number of ether oxygens (including phenoxy) is 1. The monoisotopic (exact) mass is 357 g/mol. The van der Waals surface area contributed by atoms with Crippen molar-refractivity contribution < 1.29 is 14.3 Å². The maximum atomic E-state index is 12.6. The zero-order valence-corrected chi connectivity index (χ0v) is 14.9. The summed E-state index contributed by atoms with van der Waals surface area (Å²) in [6, 6.07) is 3.39. The van der Waals surface area contributed by atoms with Crippen LogP contribution in [0.25, 0.3) is 5.65 Å². The number of pyridine rings is 1. The summed E-state index contributed by atoms with van der Waals surface area (Å²) in [5.41, 5.74) is 1.35. The second-order valence-corrected chi connectivity index (χ2v) is 5.73. The van der Waals surface area contributed by atoms with Crippen molar-refractivity contribution in [3.8, 4) is 0 Å². The minimum atomic E-state index is -0.589. The second-order valence-electron chi connectivity index (χ2n) is 5.73. The molecule has 0 aliphatic carbocycles. The first kappa shape index (κ1) is 17.4. The fourth-order valence-electron chi connectivity index (χ4n) is 2.39. The first-order valence-electron chi connectivity index (χ1n) is 7.95. The standard InChI is InChI=1S/C16H19N7O3/c1-5-26-15(25)11-9-17-22(4)13(11)14(24)18-10-6-7-23-12(8-10)19-16(20-23)21(2)3/h6-9H,5H2,1-4H3,(H,18,24). The average molecular weight is 357 g/mol. The molecule has 10 heteroatoms. The molecule has 0 unspecified atom stereocenters. The Kier molecular flexibility index (Phi) is 4.57. The van der Waals surface area contributed by atoms with E-state index in [9.17, 15) is 9.59 Å². The number of esters is 1. The van der Waals surface area contributed by atoms with E-state index in [1.807, 2.05) is 14.1 Å². The van der Waals surface area contributed by atoms with Crippen molar-refractivity contribution in [2.75, 3.05) is 30.9 Å². The fourth-order valence-corrected chi connectivity index (χ4v) is 2.39. The van der Waals surface area contributed by atoms with Crippen LogP contribution in [-0.4, -0.2) is 57.0 Å². The van der Waals surface area contributed by atoms with Crippen LogP contribution in [0.2, 0.25) is 0 Å². The molecule has 0 fully saturated rings. The summed E-state index contributed by atoms with van der Waals surface area (Å²) in [5.74, 6) is -0.497. The van der Waals surface area contributed by atoms with Crippen LogP contribution in [0.15, 0.2) is 24.5 Å². The Labute approximate surface area is 149 Å². The van der Waals surface area contributed by atoms with Gasteiger partial charge in [0.15, 0.2) is 5.65 Å². The molecule has 26 heavy (non-hydrogen) atoms. The van der Waals surface area contributed by atoms with Gasteiger partial charge in [-0.15, -0.1) is 5.10 Å². The summed E-state index contributed by atoms with van der Waals surface area (Å²) in [6.45, 7) is 1.91. The van der Waals surface area contributed by atoms with Gasteiger partial charge in [-0.3, -0.25) is 9.48 Å². The van der Waals surface area contributed by atoms with Gasteiger partial charge in [0.2, 0.25) is 5.95 Å². The average Bonchev–Trinajstić information content (AvgIpc) is 3.18. The summed E-state index contributed by atoms with van der Waals surface area (Å²) in [6.07, 6.45) is 3.01. The van der Waals surface area contributed by atoms with E-state index < -0.39 is 11.9 Å². The van der Waals surface area contributed by atoms with E-state index in [0.29, 0.717) is 17.3 Å². The number of hydrogen-bond acceptors (Lipinski definition) is 7. The molecule has 10 nitrogen and oxygen atoms in total. The molecular formula is C16H19N7O3. The predicted octanol–water partition coefficient (Wildman–Crippen LogP) is 0.958. The van der Waals surface area contributed by atoms with E-state index in [4.69, 9.17) is 4.74 Å². The molecule has 0 saturated carbocycles. The van der Waals surface area contributed by atoms with E-state index in [2.05, 4.69) is 20.5 Å². The van der Waals surface area contributed by atoms with E-state index in [0.717, 1.165) is 0 Å². The number of aromatic nitrogens is 5. The van der Waals surface area contributed by atoms with Gasteiger partial charge in [-0.25, -0.2) is 9.31 Å². The Balaban J connectivity index is 1.87. The van der Waals surface area contributed by atoms with E-state index in [1.54, 1.807) is 41.7 Å². The molecule has 0 atom stereocenters. The first-order valence-corrected chi connectivity index (χ1v) is 7.95. The highest BCUT2D eigenvalue weighted by Gasteiger charge is 2.23. The molecule has 136 valence electrons. The van der Waals surface area contributed by atoms with Gasteiger partial charge in [-0.05, 0) is 13.0 Å². The van der Waals surface area contributed by atoms with Gasteiger partial charge in [0.25, 0.3) is 5.91 Å². The van der Waals surface area contributed by atoms with Crippen molar-refractivity contribution in [1.29, 1.82) is 0 Å². The Morgan fingerprint density at radius 1 is 1.35 bits per heavy atom. The second kappa shape index (κ2) is 6.82. The lowest BCUT2D eigenvalue weighted by Crippen LogP contribution is -2.20. The molecule has 0 aromatic carbocycles. The molecule has 0 radical (unpaired) electrons. The molecule has 3 aromatic rings. The van der Waals surface area contributed by atoms with Crippen LogP contribution in [-0.2, 0) is 11.8 Å². The van der Waals surface area contributed by atoms with Gasteiger partial charge in [0.05, 0.1) is 12.8 Å². The minimum Gasteiger partial charge on any atom is -0.462 e. The lowest BCUT2D eigenvalue weighted by molar-refractivity contribution is 0.0523. The molecule has 1 N–H and O–H groups in total. The molecule has 0 saturated heterocycles. The van der Waals surface area contributed by atoms with Gasteiger partial charge in [0.1, 0.15) is 11.3 Å². The van der Waals surface area contributed by atoms with E-state index in [1.165, 1.54) is 10.9 Å². The van der Waals surface area contributed by atoms with E-state index in [-0.39, 0.29) is 17.9 Å². The molecule has 1 amide bonds. The molecular weight excluding hydrogens is 338 g/mol. The highest BCUT2D eigenvalue weighted by molar-refractivity contribution is 6.09. The Hall–Kier alpha value is -3.43. The summed E-state index contributed by atoms with van der Waals surface area (Å²) in [4.78, 5) is 30.8. The molecule has 3 rings (SSSR count). The predicted molar refractivity (Wildman–Crippen MR) is 94.4 cm³/mol. The number of carbonyl (C=O) groups is 2. The van der Waals surface area contributed by atoms with Gasteiger partial charge < -0.3 is 15.0 Å². The van der Waals surface area contributed by atoms with Crippen LogP contribution >= 0.6 is 0 Å². The maximum Gasteiger partial charge on any atom is 0.342 e. The Morgan fingerprint density at radius 2 is 2.12 bits per heavy atom. The van der Waals surface area contributed by atoms with Crippen LogP contribution in [0.4, 0.5) is 11.6 Å². The number of nitrogens with one attached hydrogen (secondary N) is 1. The van der Waals surface area contributed by atoms with Gasteiger partial charge in [0, 0.05) is 39.1 Å². The third-order valence-electron chi connectivity index (χ3n) is 3.63. The normalized spacial score (nSPS) is 10.8. The quantitative estimate of drug-likeness (QED) is 0.678. The number of hydrogen-bond donors (Lipinski definition) is 1. The number of aryl methyl sites for hydroxylation is 1. The zero-order chi connectivity index (χ0) is 18.8. The van der Waals surface area contributed by atoms with Crippen LogP contribution < -0.4 is 10.2 Å². The number of anilines is 2. The molecule has 3 heterocycles. The van der Waals surface area contributed by atoms with Crippen molar-refractivity contribution in [2.24, 2.45) is 7.05 Å². The van der Waals surface area contributed by atoms with Gasteiger partial charge in [-0.1, -0.05) is 0 Å². The maximum absolute atomic E-state index is 12.6. The largest absolute Gasteiger partial charge is 0.462 e. The Morgan fingerprint density at radius 3 is 2.81 bits per heavy atom. The molecule has 0 bridgehead atoms. The van der Waals surface area contributed by atoms with Crippen LogP contribution in [0.3, 0.4) is 0 Å². The van der Waals surface area contributed by atoms with Crippen LogP contribution in [0, 0.1) is 0 Å². The summed E-state index contributed by atoms with van der Waals surface area (Å²) < 4.78 is 7.91. The molecule has 0 aliphatic heterocycles. The topological polar surface area (TPSA) is 107 Å². The first-order chi connectivity index (χ1) is 12.4. The summed E-state index contributed by atoms with van der Waals surface area (Å²) >= 11 is 0. The number of amides is 1. The number of carbonyl (C=O) groups excluding carboxylic acids is 2. The number of fused-ring (bicyclic) bond motifs is 1. The number of nitrogens with zero attached hydrogens (tertiary/aromatic N) is 6. The molecule has 0 spiro atoms. The fraction of sp³-hybridized carbons (Fsp3) is 0.312. The van der Waals surface area contributed by atoms with E-state index >= 15 is 0 Å². The van der Waals surface area contributed by atoms with Crippen molar-refractivity contribution in [1.82, 2.24) is 24.4 Å². The highest BCUT2D eigenvalue weighted by atomic mass is 16.5. The molecule has 0 aliphatic rings. The lowest BCUT2D eigenvalue weighted by atomic mass is 10.2. The SMILES string of the molecule is CCOC(=O)c1cnn(C)c1C(=O)Nc1ccn2nc(N(C)C)nc2c1. The van der Waals surface area contributed by atoms with Crippen molar-refractivity contribution >= 4 is 29.2 Å².